The van der Waals surface area contributed by atoms with E-state index in [0.717, 1.165) is 19.4 Å². The highest BCUT2D eigenvalue weighted by Crippen LogP contribution is 2.23. The second-order valence-electron chi connectivity index (χ2n) is 4.34. The standard InChI is InChI=1S/C10H16ClN5O/c1-10(4-3-5-17-6-10)16-9-14-7(11)13-8(12-2)15-9/h3-6H2,1-2H3,(H2,12,13,14,15,16). The molecule has 1 aromatic rings. The summed E-state index contributed by atoms with van der Waals surface area (Å²) in [5.41, 5.74) is -0.145. The van der Waals surface area contributed by atoms with E-state index in [9.17, 15) is 0 Å². The Balaban J connectivity index is 2.14. The van der Waals surface area contributed by atoms with Gasteiger partial charge in [-0.3, -0.25) is 0 Å². The Morgan fingerprint density at radius 1 is 1.29 bits per heavy atom. The van der Waals surface area contributed by atoms with Crippen LogP contribution < -0.4 is 10.6 Å². The van der Waals surface area contributed by atoms with Gasteiger partial charge in [0.25, 0.3) is 0 Å². The lowest BCUT2D eigenvalue weighted by molar-refractivity contribution is 0.0537. The molecule has 0 bridgehead atoms. The molecule has 2 heterocycles. The number of hydrogen-bond donors (Lipinski definition) is 2. The van der Waals surface area contributed by atoms with Gasteiger partial charge in [-0.1, -0.05) is 0 Å². The van der Waals surface area contributed by atoms with Crippen LogP contribution in [0, 0.1) is 0 Å². The Hall–Kier alpha value is -1.14. The van der Waals surface area contributed by atoms with Crippen molar-refractivity contribution in [3.63, 3.8) is 0 Å². The van der Waals surface area contributed by atoms with E-state index in [1.807, 2.05) is 0 Å². The van der Waals surface area contributed by atoms with Crippen LogP contribution in [-0.2, 0) is 4.74 Å². The highest BCUT2D eigenvalue weighted by Gasteiger charge is 2.28. The van der Waals surface area contributed by atoms with E-state index >= 15 is 0 Å². The topological polar surface area (TPSA) is 72.0 Å². The van der Waals surface area contributed by atoms with E-state index in [1.165, 1.54) is 0 Å². The first-order valence-corrected chi connectivity index (χ1v) is 5.94. The fourth-order valence-electron chi connectivity index (χ4n) is 1.82. The van der Waals surface area contributed by atoms with Gasteiger partial charge >= 0.3 is 0 Å². The second kappa shape index (κ2) is 5.01. The Labute approximate surface area is 105 Å². The van der Waals surface area contributed by atoms with E-state index in [2.05, 4.69) is 32.5 Å². The number of nitrogens with zero attached hydrogens (tertiary/aromatic N) is 3. The SMILES string of the molecule is CNc1nc(Cl)nc(NC2(C)CCCOC2)n1. The predicted molar refractivity (Wildman–Crippen MR) is 66.5 cm³/mol. The summed E-state index contributed by atoms with van der Waals surface area (Å²) in [4.78, 5) is 12.2. The number of anilines is 2. The van der Waals surface area contributed by atoms with Crippen LogP contribution in [0.1, 0.15) is 19.8 Å². The molecule has 0 aromatic carbocycles. The van der Waals surface area contributed by atoms with Gasteiger partial charge < -0.3 is 15.4 Å². The predicted octanol–water partition coefficient (Wildman–Crippen LogP) is 1.55. The third kappa shape index (κ3) is 3.17. The van der Waals surface area contributed by atoms with Crippen LogP contribution in [0.15, 0.2) is 0 Å². The lowest BCUT2D eigenvalue weighted by Gasteiger charge is -2.34. The molecule has 0 spiro atoms. The van der Waals surface area contributed by atoms with Gasteiger partial charge in [-0.2, -0.15) is 15.0 Å². The maximum atomic E-state index is 5.82. The number of hydrogen-bond acceptors (Lipinski definition) is 6. The van der Waals surface area contributed by atoms with Crippen molar-refractivity contribution >= 4 is 23.5 Å². The Bertz CT molecular complexity index is 394. The van der Waals surface area contributed by atoms with Gasteiger partial charge in [0.2, 0.25) is 17.2 Å². The summed E-state index contributed by atoms with van der Waals surface area (Å²) in [6.07, 6.45) is 2.05. The molecule has 2 rings (SSSR count). The van der Waals surface area contributed by atoms with Gasteiger partial charge in [0.05, 0.1) is 12.1 Å². The maximum absolute atomic E-state index is 5.82. The molecule has 0 radical (unpaired) electrons. The first-order valence-electron chi connectivity index (χ1n) is 5.57. The highest BCUT2D eigenvalue weighted by atomic mass is 35.5. The number of halogens is 1. The molecule has 0 amide bonds. The number of aromatic nitrogens is 3. The zero-order valence-corrected chi connectivity index (χ0v) is 10.7. The zero-order valence-electron chi connectivity index (χ0n) is 9.96. The molecule has 1 saturated heterocycles. The van der Waals surface area contributed by atoms with Gasteiger partial charge in [0.1, 0.15) is 0 Å². The molecule has 6 nitrogen and oxygen atoms in total. The number of rotatable bonds is 3. The summed E-state index contributed by atoms with van der Waals surface area (Å²) in [5.74, 6) is 0.926. The maximum Gasteiger partial charge on any atom is 0.229 e. The van der Waals surface area contributed by atoms with E-state index in [-0.39, 0.29) is 10.8 Å². The second-order valence-corrected chi connectivity index (χ2v) is 4.68. The van der Waals surface area contributed by atoms with Crippen molar-refractivity contribution in [3.05, 3.63) is 5.28 Å². The Kier molecular flexibility index (Phi) is 3.63. The molecule has 1 aliphatic heterocycles. The lowest BCUT2D eigenvalue weighted by atomic mass is 9.95. The largest absolute Gasteiger partial charge is 0.379 e. The van der Waals surface area contributed by atoms with Crippen molar-refractivity contribution in [3.8, 4) is 0 Å². The highest BCUT2D eigenvalue weighted by molar-refractivity contribution is 6.28. The molecule has 2 N–H and O–H groups in total. The minimum absolute atomic E-state index is 0.145. The lowest BCUT2D eigenvalue weighted by Crippen LogP contribution is -2.43. The average molecular weight is 258 g/mol. The fraction of sp³-hybridized carbons (Fsp3) is 0.700. The van der Waals surface area contributed by atoms with Crippen LogP contribution in [0.25, 0.3) is 0 Å². The number of ether oxygens (including phenoxy) is 1. The Morgan fingerprint density at radius 2 is 2.06 bits per heavy atom. The van der Waals surface area contributed by atoms with Gasteiger partial charge in [0.15, 0.2) is 0 Å². The van der Waals surface area contributed by atoms with Gasteiger partial charge in [0, 0.05) is 13.7 Å². The molecular weight excluding hydrogens is 242 g/mol. The normalized spacial score (nSPS) is 24.4. The van der Waals surface area contributed by atoms with Gasteiger partial charge in [-0.15, -0.1) is 0 Å². The smallest absolute Gasteiger partial charge is 0.229 e. The minimum atomic E-state index is -0.145. The minimum Gasteiger partial charge on any atom is -0.379 e. The van der Waals surface area contributed by atoms with Crippen LogP contribution in [0.5, 0.6) is 0 Å². The molecule has 1 fully saturated rings. The summed E-state index contributed by atoms with van der Waals surface area (Å²) in [7, 11) is 1.74. The summed E-state index contributed by atoms with van der Waals surface area (Å²) < 4.78 is 5.46. The van der Waals surface area contributed by atoms with Gasteiger partial charge in [-0.25, -0.2) is 0 Å². The summed E-state index contributed by atoms with van der Waals surface area (Å²) >= 11 is 5.82. The number of nitrogens with one attached hydrogen (secondary N) is 2. The third-order valence-corrected chi connectivity index (χ3v) is 2.85. The molecule has 1 atom stereocenters. The van der Waals surface area contributed by atoms with Crippen LogP contribution in [0.4, 0.5) is 11.9 Å². The monoisotopic (exact) mass is 257 g/mol. The van der Waals surface area contributed by atoms with Gasteiger partial charge in [-0.05, 0) is 31.4 Å². The first kappa shape index (κ1) is 12.3. The molecule has 1 aliphatic rings. The van der Waals surface area contributed by atoms with E-state index in [1.54, 1.807) is 7.05 Å². The van der Waals surface area contributed by atoms with Crippen LogP contribution >= 0.6 is 11.6 Å². The van der Waals surface area contributed by atoms with Crippen molar-refractivity contribution in [2.45, 2.75) is 25.3 Å². The van der Waals surface area contributed by atoms with Crippen molar-refractivity contribution < 1.29 is 4.74 Å². The van der Waals surface area contributed by atoms with E-state index in [0.29, 0.717) is 18.5 Å². The molecule has 0 saturated carbocycles. The molecule has 94 valence electrons. The summed E-state index contributed by atoms with van der Waals surface area (Å²) in [5, 5.41) is 6.27. The van der Waals surface area contributed by atoms with Crippen molar-refractivity contribution in [2.24, 2.45) is 0 Å². The van der Waals surface area contributed by atoms with Crippen molar-refractivity contribution in [2.75, 3.05) is 30.9 Å². The molecule has 1 aromatic heterocycles. The van der Waals surface area contributed by atoms with Crippen LogP contribution in [0.2, 0.25) is 5.28 Å². The molecule has 7 heteroatoms. The molecular formula is C10H16ClN5O. The van der Waals surface area contributed by atoms with Crippen molar-refractivity contribution in [1.29, 1.82) is 0 Å². The molecule has 17 heavy (non-hydrogen) atoms. The summed E-state index contributed by atoms with van der Waals surface area (Å²) in [6.45, 7) is 3.55. The first-order chi connectivity index (χ1) is 8.11. The average Bonchev–Trinajstić information content (AvgIpc) is 2.28. The summed E-state index contributed by atoms with van der Waals surface area (Å²) in [6, 6.07) is 0. The fourth-order valence-corrected chi connectivity index (χ4v) is 1.98. The van der Waals surface area contributed by atoms with Crippen molar-refractivity contribution in [1.82, 2.24) is 15.0 Å². The molecule has 1 unspecified atom stereocenters. The Morgan fingerprint density at radius 3 is 2.71 bits per heavy atom. The van der Waals surface area contributed by atoms with Crippen LogP contribution in [0.3, 0.4) is 0 Å². The molecule has 0 aliphatic carbocycles. The van der Waals surface area contributed by atoms with E-state index in [4.69, 9.17) is 16.3 Å². The quantitative estimate of drug-likeness (QED) is 0.856. The van der Waals surface area contributed by atoms with E-state index < -0.39 is 0 Å². The van der Waals surface area contributed by atoms with Crippen LogP contribution in [-0.4, -0.2) is 40.8 Å². The third-order valence-electron chi connectivity index (χ3n) is 2.68. The zero-order chi connectivity index (χ0) is 12.3.